The molecule has 33 heavy (non-hydrogen) atoms. The van der Waals surface area contributed by atoms with Gasteiger partial charge < -0.3 is 19.7 Å². The Hall–Kier alpha value is -3.43. The molecule has 1 atom stereocenters. The monoisotopic (exact) mass is 445 g/mol. The number of likely N-dealkylation sites (tertiary alicyclic amines) is 1. The third kappa shape index (κ3) is 3.94. The number of nitrogens with zero attached hydrogens (tertiary/aromatic N) is 6. The molecule has 4 aromatic rings. The van der Waals surface area contributed by atoms with Crippen LogP contribution in [-0.4, -0.2) is 62.1 Å². The summed E-state index contributed by atoms with van der Waals surface area (Å²) in [6, 6.07) is 10.2. The van der Waals surface area contributed by atoms with E-state index >= 15 is 0 Å². The Morgan fingerprint density at radius 3 is 2.97 bits per heavy atom. The van der Waals surface area contributed by atoms with E-state index < -0.39 is 0 Å². The molecule has 0 bridgehead atoms. The van der Waals surface area contributed by atoms with E-state index in [9.17, 15) is 0 Å². The van der Waals surface area contributed by atoms with Crippen molar-refractivity contribution in [2.75, 3.05) is 32.1 Å². The fourth-order valence-electron chi connectivity index (χ4n) is 4.64. The van der Waals surface area contributed by atoms with Gasteiger partial charge in [0.25, 0.3) is 0 Å². The SMILES string of the molecule is CN1CC[C@H](Oc2cnn(C)c2-c2ccn3nc(Nc4ccc5c(n4)CCOC5)cc3c2)C1. The second kappa shape index (κ2) is 8.17. The number of rotatable bonds is 5. The van der Waals surface area contributed by atoms with E-state index in [2.05, 4.69) is 39.6 Å². The Labute approximate surface area is 191 Å². The normalized spacial score (nSPS) is 18.5. The summed E-state index contributed by atoms with van der Waals surface area (Å²) in [7, 11) is 4.07. The van der Waals surface area contributed by atoms with E-state index in [0.29, 0.717) is 6.61 Å². The topological polar surface area (TPSA) is 81.7 Å². The van der Waals surface area contributed by atoms with Gasteiger partial charge in [0.05, 0.1) is 30.6 Å². The summed E-state index contributed by atoms with van der Waals surface area (Å²) in [6.07, 6.45) is 5.85. The van der Waals surface area contributed by atoms with Gasteiger partial charge in [0, 0.05) is 44.4 Å². The number of anilines is 2. The van der Waals surface area contributed by atoms with Crippen LogP contribution in [0.2, 0.25) is 0 Å². The number of hydrogen-bond donors (Lipinski definition) is 1. The maximum atomic E-state index is 6.32. The summed E-state index contributed by atoms with van der Waals surface area (Å²) in [5.74, 6) is 2.37. The van der Waals surface area contributed by atoms with Crippen molar-refractivity contribution >= 4 is 17.2 Å². The van der Waals surface area contributed by atoms with Crippen LogP contribution in [-0.2, 0) is 24.8 Å². The number of hydrogen-bond acceptors (Lipinski definition) is 7. The molecule has 1 saturated heterocycles. The third-order valence-corrected chi connectivity index (χ3v) is 6.35. The Kier molecular flexibility index (Phi) is 5.00. The molecule has 4 aromatic heterocycles. The predicted octanol–water partition coefficient (Wildman–Crippen LogP) is 3.03. The van der Waals surface area contributed by atoms with Gasteiger partial charge in [-0.3, -0.25) is 4.68 Å². The van der Waals surface area contributed by atoms with E-state index in [-0.39, 0.29) is 6.10 Å². The molecule has 1 fully saturated rings. The second-order valence-corrected chi connectivity index (χ2v) is 8.82. The fraction of sp³-hybridized carbons (Fsp3) is 0.375. The molecule has 170 valence electrons. The minimum atomic E-state index is 0.197. The summed E-state index contributed by atoms with van der Waals surface area (Å²) >= 11 is 0. The number of nitrogens with one attached hydrogen (secondary N) is 1. The number of pyridine rings is 2. The average Bonchev–Trinajstić information content (AvgIpc) is 3.51. The van der Waals surface area contributed by atoms with Crippen LogP contribution in [0.5, 0.6) is 5.75 Å². The zero-order valence-corrected chi connectivity index (χ0v) is 18.9. The Balaban J connectivity index is 1.26. The van der Waals surface area contributed by atoms with E-state index in [1.807, 2.05) is 46.8 Å². The molecule has 0 spiro atoms. The third-order valence-electron chi connectivity index (χ3n) is 6.35. The van der Waals surface area contributed by atoms with Gasteiger partial charge in [0.1, 0.15) is 17.6 Å². The molecule has 1 N–H and O–H groups in total. The van der Waals surface area contributed by atoms with Gasteiger partial charge >= 0.3 is 0 Å². The molecule has 0 aliphatic carbocycles. The van der Waals surface area contributed by atoms with Crippen molar-refractivity contribution in [2.24, 2.45) is 7.05 Å². The first kappa shape index (κ1) is 20.2. The van der Waals surface area contributed by atoms with Crippen LogP contribution < -0.4 is 10.1 Å². The molecule has 0 radical (unpaired) electrons. The Morgan fingerprint density at radius 2 is 2.09 bits per heavy atom. The largest absolute Gasteiger partial charge is 0.485 e. The van der Waals surface area contributed by atoms with Gasteiger partial charge in [-0.15, -0.1) is 0 Å². The van der Waals surface area contributed by atoms with Crippen LogP contribution in [0, 0.1) is 0 Å². The van der Waals surface area contributed by atoms with Gasteiger partial charge in [0.15, 0.2) is 11.6 Å². The van der Waals surface area contributed by atoms with E-state index in [0.717, 1.165) is 78.0 Å². The molecule has 2 aliphatic heterocycles. The zero-order valence-electron chi connectivity index (χ0n) is 18.9. The van der Waals surface area contributed by atoms with Crippen LogP contribution in [0.3, 0.4) is 0 Å². The lowest BCUT2D eigenvalue weighted by molar-refractivity contribution is 0.109. The highest BCUT2D eigenvalue weighted by molar-refractivity contribution is 5.72. The first-order valence-corrected chi connectivity index (χ1v) is 11.3. The highest BCUT2D eigenvalue weighted by Crippen LogP contribution is 2.32. The Morgan fingerprint density at radius 1 is 1.15 bits per heavy atom. The number of fused-ring (bicyclic) bond motifs is 2. The van der Waals surface area contributed by atoms with Crippen molar-refractivity contribution < 1.29 is 9.47 Å². The average molecular weight is 446 g/mol. The predicted molar refractivity (Wildman–Crippen MR) is 125 cm³/mol. The number of likely N-dealkylation sites (N-methyl/N-ethyl adjacent to an activating group) is 1. The summed E-state index contributed by atoms with van der Waals surface area (Å²) in [6.45, 7) is 3.36. The first-order valence-electron chi connectivity index (χ1n) is 11.3. The molecule has 6 rings (SSSR count). The minimum Gasteiger partial charge on any atom is -0.485 e. The van der Waals surface area contributed by atoms with Gasteiger partial charge in [-0.2, -0.15) is 10.2 Å². The van der Waals surface area contributed by atoms with E-state index in [1.54, 1.807) is 0 Å². The van der Waals surface area contributed by atoms with Crippen LogP contribution in [0.25, 0.3) is 16.8 Å². The van der Waals surface area contributed by atoms with Crippen molar-refractivity contribution in [1.82, 2.24) is 29.3 Å². The van der Waals surface area contributed by atoms with Gasteiger partial charge in [-0.25, -0.2) is 9.50 Å². The van der Waals surface area contributed by atoms with Crippen LogP contribution in [0.15, 0.2) is 42.7 Å². The highest BCUT2D eigenvalue weighted by atomic mass is 16.5. The first-order chi connectivity index (χ1) is 16.1. The maximum absolute atomic E-state index is 6.32. The minimum absolute atomic E-state index is 0.197. The summed E-state index contributed by atoms with van der Waals surface area (Å²) in [5.41, 5.74) is 5.25. The second-order valence-electron chi connectivity index (χ2n) is 8.82. The fourth-order valence-corrected chi connectivity index (χ4v) is 4.64. The molecule has 9 heteroatoms. The maximum Gasteiger partial charge on any atom is 0.165 e. The van der Waals surface area contributed by atoms with Gasteiger partial charge in [-0.05, 0) is 37.2 Å². The molecule has 2 aliphatic rings. The lowest BCUT2D eigenvalue weighted by Crippen LogP contribution is -2.21. The lowest BCUT2D eigenvalue weighted by Gasteiger charge is -2.16. The van der Waals surface area contributed by atoms with E-state index in [1.165, 1.54) is 0 Å². The highest BCUT2D eigenvalue weighted by Gasteiger charge is 2.24. The van der Waals surface area contributed by atoms with Gasteiger partial charge in [-0.1, -0.05) is 6.07 Å². The van der Waals surface area contributed by atoms with Crippen molar-refractivity contribution in [3.05, 3.63) is 54.0 Å². The quantitative estimate of drug-likeness (QED) is 0.506. The summed E-state index contributed by atoms with van der Waals surface area (Å²) in [4.78, 5) is 7.03. The molecule has 6 heterocycles. The lowest BCUT2D eigenvalue weighted by atomic mass is 10.1. The van der Waals surface area contributed by atoms with Crippen LogP contribution in [0.1, 0.15) is 17.7 Å². The number of ether oxygens (including phenoxy) is 2. The molecular formula is C24H27N7O2. The molecule has 0 saturated carbocycles. The van der Waals surface area contributed by atoms with E-state index in [4.69, 9.17) is 14.5 Å². The van der Waals surface area contributed by atoms with Gasteiger partial charge in [0.2, 0.25) is 0 Å². The van der Waals surface area contributed by atoms with Crippen LogP contribution >= 0.6 is 0 Å². The van der Waals surface area contributed by atoms with Crippen molar-refractivity contribution in [3.8, 4) is 17.0 Å². The Bertz CT molecular complexity index is 1310. The summed E-state index contributed by atoms with van der Waals surface area (Å²) < 4.78 is 15.6. The van der Waals surface area contributed by atoms with Crippen molar-refractivity contribution in [2.45, 2.75) is 25.6 Å². The van der Waals surface area contributed by atoms with Crippen LogP contribution in [0.4, 0.5) is 11.6 Å². The molecular weight excluding hydrogens is 418 g/mol. The molecule has 0 amide bonds. The van der Waals surface area contributed by atoms with Crippen molar-refractivity contribution in [1.29, 1.82) is 0 Å². The van der Waals surface area contributed by atoms with Crippen molar-refractivity contribution in [3.63, 3.8) is 0 Å². The number of aryl methyl sites for hydroxylation is 1. The standard InChI is InChI=1S/C24H27N7O2/c1-29-8-6-19(14-29)33-21-13-25-30(2)24(21)16-5-9-31-18(11-16)12-23(28-31)27-22-4-3-17-15-32-10-7-20(17)26-22/h3-5,9,11-13,19H,6-8,10,14-15H2,1-2H3,(H,26,27,28)/t19-/m0/s1. The smallest absolute Gasteiger partial charge is 0.165 e. The molecule has 0 aromatic carbocycles. The molecule has 0 unspecified atom stereocenters. The number of aromatic nitrogens is 5. The summed E-state index contributed by atoms with van der Waals surface area (Å²) in [5, 5.41) is 12.5. The zero-order chi connectivity index (χ0) is 22.4. The molecule has 9 nitrogen and oxygen atoms in total.